The molecule has 29 heavy (non-hydrogen) atoms. The van der Waals surface area contributed by atoms with Gasteiger partial charge in [0, 0.05) is 13.1 Å². The van der Waals surface area contributed by atoms with Gasteiger partial charge >= 0.3 is 0 Å². The van der Waals surface area contributed by atoms with E-state index in [9.17, 15) is 0 Å². The van der Waals surface area contributed by atoms with Crippen LogP contribution in [0.2, 0.25) is 25.3 Å². The maximum absolute atomic E-state index is 2.71. The van der Waals surface area contributed by atoms with E-state index in [0.717, 1.165) is 13.1 Å². The van der Waals surface area contributed by atoms with Crippen LogP contribution in [0.4, 0.5) is 0 Å². The maximum atomic E-state index is 2.71. The predicted molar refractivity (Wildman–Crippen MR) is 132 cm³/mol. The molecule has 0 saturated carbocycles. The van der Waals surface area contributed by atoms with E-state index in [4.69, 9.17) is 0 Å². The van der Waals surface area contributed by atoms with Gasteiger partial charge in [0.2, 0.25) is 13.7 Å². The summed E-state index contributed by atoms with van der Waals surface area (Å²) in [5.74, 6) is 0. The molecular formula is C25H40B2N2. The van der Waals surface area contributed by atoms with E-state index >= 15 is 0 Å². The van der Waals surface area contributed by atoms with Crippen molar-refractivity contribution >= 4 is 13.7 Å². The second kappa shape index (κ2) is 13.7. The largest absolute Gasteiger partial charge is 0.338 e. The fourth-order valence-corrected chi connectivity index (χ4v) is 4.50. The van der Waals surface area contributed by atoms with Crippen LogP contribution in [0.5, 0.6) is 0 Å². The highest BCUT2D eigenvalue weighted by Gasteiger charge is 2.22. The normalized spacial score (nSPS) is 11.2. The molecule has 0 atom stereocenters. The number of rotatable bonds is 14. The highest BCUT2D eigenvalue weighted by molar-refractivity contribution is 6.55. The Labute approximate surface area is 180 Å². The highest BCUT2D eigenvalue weighted by Crippen LogP contribution is 2.15. The fourth-order valence-electron chi connectivity index (χ4n) is 4.50. The van der Waals surface area contributed by atoms with Gasteiger partial charge in [0.05, 0.1) is 0 Å². The molecule has 156 valence electrons. The molecule has 2 rings (SSSR count). The van der Waals surface area contributed by atoms with Crippen molar-refractivity contribution in [1.82, 2.24) is 9.62 Å². The Kier molecular flexibility index (Phi) is 11.2. The van der Waals surface area contributed by atoms with Crippen molar-refractivity contribution in [1.29, 1.82) is 0 Å². The molecule has 0 heterocycles. The summed E-state index contributed by atoms with van der Waals surface area (Å²) in [7, 11) is 0. The molecule has 0 amide bonds. The van der Waals surface area contributed by atoms with E-state index in [1.807, 2.05) is 0 Å². The van der Waals surface area contributed by atoms with Gasteiger partial charge in [-0.15, -0.1) is 0 Å². The summed E-state index contributed by atoms with van der Waals surface area (Å²) in [5.41, 5.74) is 2.86. The van der Waals surface area contributed by atoms with E-state index in [1.54, 1.807) is 0 Å². The Bertz CT molecular complexity index is 585. The zero-order chi connectivity index (χ0) is 20.9. The zero-order valence-corrected chi connectivity index (χ0v) is 19.2. The molecule has 0 unspecified atom stereocenters. The second-order valence-electron chi connectivity index (χ2n) is 8.21. The van der Waals surface area contributed by atoms with Crippen LogP contribution in [0.1, 0.15) is 45.2 Å². The molecule has 0 saturated heterocycles. The van der Waals surface area contributed by atoms with Gasteiger partial charge in [-0.3, -0.25) is 0 Å². The Morgan fingerprint density at radius 2 is 0.897 bits per heavy atom. The molecule has 0 bridgehead atoms. The van der Waals surface area contributed by atoms with Crippen LogP contribution in [-0.2, 0) is 13.1 Å². The molecule has 0 aromatic heterocycles. The number of hydrogen-bond acceptors (Lipinski definition) is 2. The van der Waals surface area contributed by atoms with Crippen LogP contribution >= 0.6 is 0 Å². The molecule has 2 nitrogen and oxygen atoms in total. The topological polar surface area (TPSA) is 6.48 Å². The molecule has 0 aliphatic rings. The lowest BCUT2D eigenvalue weighted by Crippen LogP contribution is -2.42. The van der Waals surface area contributed by atoms with Crippen LogP contribution in [0.15, 0.2) is 60.7 Å². The molecule has 2 aromatic rings. The van der Waals surface area contributed by atoms with Gasteiger partial charge < -0.3 is 9.62 Å². The first-order valence-corrected chi connectivity index (χ1v) is 11.8. The molecule has 0 fully saturated rings. The molecule has 2 aromatic carbocycles. The minimum Gasteiger partial charge on any atom is -0.338 e. The van der Waals surface area contributed by atoms with Gasteiger partial charge in [-0.05, 0) is 30.6 Å². The SMILES string of the molecule is CCB(CC)N(CCCN(Cc1ccccc1)B(CC)CC)Cc1ccccc1. The van der Waals surface area contributed by atoms with Crippen molar-refractivity contribution < 1.29 is 0 Å². The van der Waals surface area contributed by atoms with Crippen LogP contribution in [-0.4, -0.2) is 36.4 Å². The molecule has 4 heteroatoms. The Morgan fingerprint density at radius 3 is 1.21 bits per heavy atom. The summed E-state index contributed by atoms with van der Waals surface area (Å²) >= 11 is 0. The molecule has 0 aliphatic carbocycles. The zero-order valence-electron chi connectivity index (χ0n) is 19.2. The summed E-state index contributed by atoms with van der Waals surface area (Å²) in [6, 6.07) is 21.9. The third-order valence-electron chi connectivity index (χ3n) is 6.27. The highest BCUT2D eigenvalue weighted by atomic mass is 15.1. The van der Waals surface area contributed by atoms with E-state index < -0.39 is 0 Å². The number of nitrogens with zero attached hydrogens (tertiary/aromatic N) is 2. The van der Waals surface area contributed by atoms with Crippen molar-refractivity contribution in [3.05, 3.63) is 71.8 Å². The standard InChI is InChI=1S/C25H40B2N2/c1-5-26(6-2)28(22-24-16-11-9-12-17-24)20-15-21-29(27(7-3)8-4)23-25-18-13-10-14-19-25/h9-14,16-19H,5-8,15,20-23H2,1-4H3. The van der Waals surface area contributed by atoms with Crippen molar-refractivity contribution in [3.8, 4) is 0 Å². The lowest BCUT2D eigenvalue weighted by atomic mass is 9.54. The van der Waals surface area contributed by atoms with E-state index in [-0.39, 0.29) is 0 Å². The third-order valence-corrected chi connectivity index (χ3v) is 6.27. The second-order valence-corrected chi connectivity index (χ2v) is 8.21. The van der Waals surface area contributed by atoms with Gasteiger partial charge in [0.1, 0.15) is 0 Å². The fraction of sp³-hybridized carbons (Fsp3) is 0.520. The monoisotopic (exact) mass is 390 g/mol. The lowest BCUT2D eigenvalue weighted by molar-refractivity contribution is 0.357. The first-order chi connectivity index (χ1) is 14.2. The summed E-state index contributed by atoms with van der Waals surface area (Å²) in [6.45, 7) is 15.1. The van der Waals surface area contributed by atoms with E-state index in [1.165, 1.54) is 55.9 Å². The average Bonchev–Trinajstić information content (AvgIpc) is 2.76. The Balaban J connectivity index is 2.00. The van der Waals surface area contributed by atoms with Crippen molar-refractivity contribution in [2.24, 2.45) is 0 Å². The summed E-state index contributed by atoms with van der Waals surface area (Å²) in [5, 5.41) is 0. The minimum absolute atomic E-state index is 0.672. The predicted octanol–water partition coefficient (Wildman–Crippen LogP) is 6.44. The Morgan fingerprint density at radius 1 is 0.552 bits per heavy atom. The molecule has 0 aliphatic heterocycles. The molecular weight excluding hydrogens is 350 g/mol. The average molecular weight is 390 g/mol. The van der Waals surface area contributed by atoms with Gasteiger partial charge in [-0.25, -0.2) is 0 Å². The van der Waals surface area contributed by atoms with Crippen molar-refractivity contribution in [2.45, 2.75) is 72.5 Å². The van der Waals surface area contributed by atoms with Crippen LogP contribution in [0.3, 0.4) is 0 Å². The molecule has 0 N–H and O–H groups in total. The maximum Gasteiger partial charge on any atom is 0.222 e. The summed E-state index contributed by atoms with van der Waals surface area (Å²) in [4.78, 5) is 5.42. The Hall–Kier alpha value is -1.51. The number of benzene rings is 2. The first kappa shape index (κ1) is 23.8. The smallest absolute Gasteiger partial charge is 0.222 e. The van der Waals surface area contributed by atoms with Crippen molar-refractivity contribution in [3.63, 3.8) is 0 Å². The summed E-state index contributed by atoms with van der Waals surface area (Å²) < 4.78 is 0. The van der Waals surface area contributed by atoms with Gasteiger partial charge in [0.15, 0.2) is 0 Å². The molecule has 0 radical (unpaired) electrons. The first-order valence-electron chi connectivity index (χ1n) is 11.8. The summed E-state index contributed by atoms with van der Waals surface area (Å²) in [6.07, 6.45) is 6.13. The number of hydrogen-bond donors (Lipinski definition) is 0. The van der Waals surface area contributed by atoms with Crippen LogP contribution < -0.4 is 0 Å². The third kappa shape index (κ3) is 8.03. The van der Waals surface area contributed by atoms with E-state index in [0.29, 0.717) is 13.7 Å². The van der Waals surface area contributed by atoms with E-state index in [2.05, 4.69) is 98.0 Å². The van der Waals surface area contributed by atoms with Crippen LogP contribution in [0, 0.1) is 0 Å². The van der Waals surface area contributed by atoms with Gasteiger partial charge in [-0.1, -0.05) is 114 Å². The van der Waals surface area contributed by atoms with Gasteiger partial charge in [0.25, 0.3) is 0 Å². The minimum atomic E-state index is 0.672. The van der Waals surface area contributed by atoms with Crippen molar-refractivity contribution in [2.75, 3.05) is 13.1 Å². The quantitative estimate of drug-likeness (QED) is 0.343. The lowest BCUT2D eigenvalue weighted by Gasteiger charge is -2.32. The van der Waals surface area contributed by atoms with Gasteiger partial charge in [-0.2, -0.15) is 0 Å². The molecule has 0 spiro atoms. The van der Waals surface area contributed by atoms with Crippen LogP contribution in [0.25, 0.3) is 0 Å².